The molecule has 3 heterocycles. The molecular weight excluding hydrogens is 452 g/mol. The number of benzene rings is 1. The van der Waals surface area contributed by atoms with Crippen LogP contribution in [0, 0.1) is 0 Å². The lowest BCUT2D eigenvalue weighted by Crippen LogP contribution is -2.46. The number of nitrogens with zero attached hydrogens (tertiary/aromatic N) is 3. The van der Waals surface area contributed by atoms with Crippen LogP contribution in [0.25, 0.3) is 0 Å². The molecule has 0 bridgehead atoms. The molecule has 8 nitrogen and oxygen atoms in total. The molecule has 0 radical (unpaired) electrons. The molecule has 2 atom stereocenters. The highest BCUT2D eigenvalue weighted by molar-refractivity contribution is 7.10. The zero-order valence-corrected chi connectivity index (χ0v) is 21.2. The molecule has 0 saturated carbocycles. The smallest absolute Gasteiger partial charge is 0.254 e. The zero-order chi connectivity index (χ0) is 24.2. The molecule has 4 rings (SSSR count). The van der Waals surface area contributed by atoms with Crippen LogP contribution in [0.5, 0.6) is 11.5 Å². The number of carbonyl (C=O) groups excluding carboxylic acids is 2. The Kier molecular flexibility index (Phi) is 7.75. The summed E-state index contributed by atoms with van der Waals surface area (Å²) in [5.74, 6) is 0.234. The Labute approximate surface area is 205 Å². The number of fused-ring (bicyclic) bond motifs is 1. The summed E-state index contributed by atoms with van der Waals surface area (Å²) in [6.07, 6.45) is 0.888. The zero-order valence-electron chi connectivity index (χ0n) is 20.4. The number of carbonyl (C=O) groups is 2. The molecule has 2 aliphatic rings. The Hall–Kier alpha value is -2.62. The Morgan fingerprint density at radius 1 is 1.12 bits per heavy atom. The lowest BCUT2D eigenvalue weighted by molar-refractivity contribution is -0.124. The van der Waals surface area contributed by atoms with Gasteiger partial charge in [0.05, 0.1) is 26.2 Å². The first-order chi connectivity index (χ1) is 16.4. The minimum absolute atomic E-state index is 0.0791. The summed E-state index contributed by atoms with van der Waals surface area (Å²) >= 11 is 1.56. The van der Waals surface area contributed by atoms with Crippen LogP contribution < -0.4 is 14.8 Å². The maximum atomic E-state index is 13.6. The number of hydrogen-bond acceptors (Lipinski definition) is 7. The Bertz CT molecular complexity index is 1000. The van der Waals surface area contributed by atoms with Crippen LogP contribution in [0.3, 0.4) is 0 Å². The number of hydrogen-bond donors (Lipinski definition) is 1. The number of amides is 2. The van der Waals surface area contributed by atoms with Gasteiger partial charge in [-0.1, -0.05) is 6.07 Å². The van der Waals surface area contributed by atoms with Crippen molar-refractivity contribution in [3.05, 3.63) is 45.6 Å². The van der Waals surface area contributed by atoms with Gasteiger partial charge < -0.3 is 29.5 Å². The Balaban J connectivity index is 1.56. The first-order valence-electron chi connectivity index (χ1n) is 11.7. The summed E-state index contributed by atoms with van der Waals surface area (Å²) in [5, 5.41) is 5.13. The standard InChI is InChI=1S/C25H34N4O4S/c1-27-10-12-29(13-11-27)9-6-8-26-24(30)22-17-15-19(32-3)20(33-4)16-18(17)25(31)28(2)23(22)21-7-5-14-34-21/h5,7,14-16,22-23H,6,8-13H2,1-4H3,(H,26,30). The molecular formula is C25H34N4O4S. The van der Waals surface area contributed by atoms with E-state index in [2.05, 4.69) is 22.2 Å². The van der Waals surface area contributed by atoms with Crippen molar-refractivity contribution < 1.29 is 19.1 Å². The first-order valence-corrected chi connectivity index (χ1v) is 12.6. The van der Waals surface area contributed by atoms with Crippen molar-refractivity contribution >= 4 is 23.2 Å². The Morgan fingerprint density at radius 2 is 1.82 bits per heavy atom. The summed E-state index contributed by atoms with van der Waals surface area (Å²) in [5.41, 5.74) is 1.15. The van der Waals surface area contributed by atoms with Gasteiger partial charge in [0.1, 0.15) is 0 Å². The van der Waals surface area contributed by atoms with Crippen LogP contribution in [-0.2, 0) is 4.79 Å². The van der Waals surface area contributed by atoms with E-state index in [0.29, 0.717) is 29.2 Å². The van der Waals surface area contributed by atoms with Crippen LogP contribution >= 0.6 is 11.3 Å². The van der Waals surface area contributed by atoms with E-state index in [-0.39, 0.29) is 17.9 Å². The molecule has 1 aromatic heterocycles. The number of nitrogens with one attached hydrogen (secondary N) is 1. The highest BCUT2D eigenvalue weighted by atomic mass is 32.1. The number of likely N-dealkylation sites (N-methyl/N-ethyl adjacent to an activating group) is 2. The van der Waals surface area contributed by atoms with Crippen molar-refractivity contribution in [2.24, 2.45) is 0 Å². The van der Waals surface area contributed by atoms with Gasteiger partial charge in [-0.2, -0.15) is 0 Å². The molecule has 0 aliphatic carbocycles. The van der Waals surface area contributed by atoms with Crippen LogP contribution in [0.4, 0.5) is 0 Å². The highest BCUT2D eigenvalue weighted by Gasteiger charge is 2.44. The third kappa shape index (κ3) is 4.92. The molecule has 2 aliphatic heterocycles. The highest BCUT2D eigenvalue weighted by Crippen LogP contribution is 2.46. The second-order valence-corrected chi connectivity index (χ2v) is 9.92. The van der Waals surface area contributed by atoms with E-state index in [1.54, 1.807) is 49.6 Å². The van der Waals surface area contributed by atoms with Crippen LogP contribution in [0.2, 0.25) is 0 Å². The quantitative estimate of drug-likeness (QED) is 0.578. The van der Waals surface area contributed by atoms with Crippen LogP contribution in [0.1, 0.15) is 39.2 Å². The summed E-state index contributed by atoms with van der Waals surface area (Å²) in [6, 6.07) is 7.03. The summed E-state index contributed by atoms with van der Waals surface area (Å²) < 4.78 is 10.9. The maximum absolute atomic E-state index is 13.6. The molecule has 2 unspecified atom stereocenters. The van der Waals surface area contributed by atoms with Crippen molar-refractivity contribution in [3.8, 4) is 11.5 Å². The molecule has 1 N–H and O–H groups in total. The molecule has 184 valence electrons. The summed E-state index contributed by atoms with van der Waals surface area (Å²) in [7, 11) is 7.02. The fraction of sp³-hybridized carbons (Fsp3) is 0.520. The van der Waals surface area contributed by atoms with Crippen molar-refractivity contribution in [3.63, 3.8) is 0 Å². The van der Waals surface area contributed by atoms with E-state index in [4.69, 9.17) is 9.47 Å². The number of ether oxygens (including phenoxy) is 2. The van der Waals surface area contributed by atoms with Gasteiger partial charge in [0.2, 0.25) is 5.91 Å². The number of methoxy groups -OCH3 is 2. The van der Waals surface area contributed by atoms with Crippen LogP contribution in [-0.4, -0.2) is 94.1 Å². The average Bonchev–Trinajstić information content (AvgIpc) is 3.38. The molecule has 0 spiro atoms. The Morgan fingerprint density at radius 3 is 2.47 bits per heavy atom. The van der Waals surface area contributed by atoms with E-state index in [1.165, 1.54) is 0 Å². The normalized spacial score (nSPS) is 21.3. The molecule has 1 fully saturated rings. The van der Waals surface area contributed by atoms with Crippen molar-refractivity contribution in [1.82, 2.24) is 20.0 Å². The van der Waals surface area contributed by atoms with Crippen LogP contribution in [0.15, 0.2) is 29.6 Å². The maximum Gasteiger partial charge on any atom is 0.254 e. The molecule has 1 saturated heterocycles. The third-order valence-electron chi connectivity index (χ3n) is 6.84. The van der Waals surface area contributed by atoms with E-state index in [9.17, 15) is 9.59 Å². The van der Waals surface area contributed by atoms with E-state index < -0.39 is 5.92 Å². The fourth-order valence-electron chi connectivity index (χ4n) is 4.84. The van der Waals surface area contributed by atoms with Gasteiger partial charge in [-0.3, -0.25) is 9.59 Å². The monoisotopic (exact) mass is 486 g/mol. The minimum Gasteiger partial charge on any atom is -0.493 e. The van der Waals surface area contributed by atoms with E-state index in [1.807, 2.05) is 17.5 Å². The molecule has 1 aromatic carbocycles. The summed E-state index contributed by atoms with van der Waals surface area (Å²) in [4.78, 5) is 34.4. The first kappa shape index (κ1) is 24.5. The lowest BCUT2D eigenvalue weighted by Gasteiger charge is -2.39. The van der Waals surface area contributed by atoms with Gasteiger partial charge in [-0.25, -0.2) is 0 Å². The lowest BCUT2D eigenvalue weighted by atomic mass is 9.81. The fourth-order valence-corrected chi connectivity index (χ4v) is 5.75. The minimum atomic E-state index is -0.542. The third-order valence-corrected chi connectivity index (χ3v) is 7.78. The number of rotatable bonds is 8. The van der Waals surface area contributed by atoms with Crippen molar-refractivity contribution in [1.29, 1.82) is 0 Å². The molecule has 9 heteroatoms. The SMILES string of the molecule is COc1cc2c(cc1OC)C(C(=O)NCCCN1CCN(C)CC1)C(c1cccs1)N(C)C2=O. The molecule has 2 aromatic rings. The largest absolute Gasteiger partial charge is 0.493 e. The van der Waals surface area contributed by atoms with Gasteiger partial charge in [-0.05, 0) is 49.2 Å². The van der Waals surface area contributed by atoms with Gasteiger partial charge >= 0.3 is 0 Å². The van der Waals surface area contributed by atoms with Gasteiger partial charge in [0.15, 0.2) is 11.5 Å². The average molecular weight is 487 g/mol. The second kappa shape index (κ2) is 10.8. The van der Waals surface area contributed by atoms with Gasteiger partial charge in [0.25, 0.3) is 5.91 Å². The number of piperazine rings is 1. The molecule has 2 amide bonds. The number of thiophene rings is 1. The topological polar surface area (TPSA) is 74.4 Å². The summed E-state index contributed by atoms with van der Waals surface area (Å²) in [6.45, 7) is 5.86. The van der Waals surface area contributed by atoms with Gasteiger partial charge in [0, 0.05) is 50.2 Å². The predicted molar refractivity (Wildman–Crippen MR) is 133 cm³/mol. The van der Waals surface area contributed by atoms with Crippen molar-refractivity contribution in [2.45, 2.75) is 18.4 Å². The molecule has 34 heavy (non-hydrogen) atoms. The van der Waals surface area contributed by atoms with E-state index in [0.717, 1.165) is 44.0 Å². The predicted octanol–water partition coefficient (Wildman–Crippen LogP) is 2.43. The van der Waals surface area contributed by atoms with E-state index >= 15 is 0 Å². The second-order valence-electron chi connectivity index (χ2n) is 8.94. The van der Waals surface area contributed by atoms with Gasteiger partial charge in [-0.15, -0.1) is 11.3 Å². The van der Waals surface area contributed by atoms with Crippen molar-refractivity contribution in [2.75, 3.05) is 67.6 Å².